The maximum atomic E-state index is 13.3. The van der Waals surface area contributed by atoms with Crippen LogP contribution in [0.1, 0.15) is 20.8 Å². The summed E-state index contributed by atoms with van der Waals surface area (Å²) in [7, 11) is -3.00. The topological polar surface area (TPSA) is 112 Å². The number of methoxy groups -OCH3 is 1. The van der Waals surface area contributed by atoms with Crippen LogP contribution in [0.3, 0.4) is 0 Å². The minimum Gasteiger partial charge on any atom is -0.481 e. The predicted molar refractivity (Wildman–Crippen MR) is 105 cm³/mol. The Labute approximate surface area is 175 Å². The van der Waals surface area contributed by atoms with E-state index in [1.807, 2.05) is 0 Å². The van der Waals surface area contributed by atoms with Gasteiger partial charge in [0.15, 0.2) is 11.8 Å². The summed E-state index contributed by atoms with van der Waals surface area (Å²) in [6, 6.07) is 4.43. The number of esters is 1. The van der Waals surface area contributed by atoms with Gasteiger partial charge >= 0.3 is 5.97 Å². The van der Waals surface area contributed by atoms with E-state index >= 15 is 0 Å². The van der Waals surface area contributed by atoms with Crippen LogP contribution in [0, 0.1) is 11.8 Å². The lowest BCUT2D eigenvalue weighted by Crippen LogP contribution is -2.64. The third-order valence-corrected chi connectivity index (χ3v) is 6.75. The molecule has 0 radical (unpaired) electrons. The molecule has 2 saturated heterocycles. The van der Waals surface area contributed by atoms with Gasteiger partial charge in [0.25, 0.3) is 0 Å². The van der Waals surface area contributed by atoms with Crippen molar-refractivity contribution in [2.45, 2.75) is 55.8 Å². The molecule has 0 spiro atoms. The first-order valence-electron chi connectivity index (χ1n) is 9.36. The number of fused-ring (bicyclic) bond motifs is 1. The first kappa shape index (κ1) is 22.5. The largest absolute Gasteiger partial charge is 0.481 e. The third-order valence-electron chi connectivity index (χ3n) is 4.89. The van der Waals surface area contributed by atoms with Crippen LogP contribution < -0.4 is 4.74 Å². The summed E-state index contributed by atoms with van der Waals surface area (Å²) in [5.74, 6) is 4.03. The summed E-state index contributed by atoms with van der Waals surface area (Å²) < 4.78 is 49.3. The van der Waals surface area contributed by atoms with E-state index in [2.05, 4.69) is 11.8 Å². The van der Waals surface area contributed by atoms with E-state index in [1.165, 1.54) is 31.4 Å². The zero-order chi connectivity index (χ0) is 22.1. The minimum atomic E-state index is -4.16. The van der Waals surface area contributed by atoms with Crippen LogP contribution in [0.15, 0.2) is 29.2 Å². The smallest absolute Gasteiger partial charge is 0.327 e. The van der Waals surface area contributed by atoms with Gasteiger partial charge in [0.1, 0.15) is 24.6 Å². The van der Waals surface area contributed by atoms with Crippen LogP contribution >= 0.6 is 0 Å². The molecule has 0 aliphatic carbocycles. The van der Waals surface area contributed by atoms with Crippen molar-refractivity contribution in [2.75, 3.05) is 20.3 Å². The molecule has 2 heterocycles. The fourth-order valence-corrected chi connectivity index (χ4v) is 5.18. The average Bonchev–Trinajstić information content (AvgIpc) is 3.03. The van der Waals surface area contributed by atoms with Gasteiger partial charge < -0.3 is 24.1 Å². The van der Waals surface area contributed by atoms with Gasteiger partial charge in [0.2, 0.25) is 10.0 Å². The molecular formula is C20H25NO8S. The number of β-amino-alcohol motifs (C(OH)–C–C–N with tert-alkyl or cyclic N) is 1. The van der Waals surface area contributed by atoms with E-state index in [0.29, 0.717) is 5.75 Å². The molecule has 0 unspecified atom stereocenters. The third kappa shape index (κ3) is 4.31. The van der Waals surface area contributed by atoms with Gasteiger partial charge in [0.05, 0.1) is 18.1 Å². The summed E-state index contributed by atoms with van der Waals surface area (Å²) in [5, 5.41) is 10.5. The van der Waals surface area contributed by atoms with E-state index in [1.54, 1.807) is 20.8 Å². The molecule has 10 heteroatoms. The summed E-state index contributed by atoms with van der Waals surface area (Å²) in [6.45, 7) is 4.79. The lowest BCUT2D eigenvalue weighted by atomic mass is 9.96. The SMILES string of the molecule is CC#CCOc1ccc(S(=O)(=O)N2C[C@@H](O)[C@H]3OC(C)(C)O[C@@H]3[C@@H]2C(=O)OC)cc1. The molecular weight excluding hydrogens is 414 g/mol. The molecule has 2 fully saturated rings. The Morgan fingerprint density at radius 3 is 2.50 bits per heavy atom. The second-order valence-corrected chi connectivity index (χ2v) is 9.25. The molecule has 2 aliphatic rings. The molecule has 0 bridgehead atoms. The Balaban J connectivity index is 1.92. The van der Waals surface area contributed by atoms with Crippen LogP contribution in [-0.2, 0) is 29.0 Å². The van der Waals surface area contributed by atoms with Crippen molar-refractivity contribution in [1.29, 1.82) is 0 Å². The first-order valence-corrected chi connectivity index (χ1v) is 10.8. The van der Waals surface area contributed by atoms with E-state index in [4.69, 9.17) is 18.9 Å². The van der Waals surface area contributed by atoms with E-state index in [0.717, 1.165) is 4.31 Å². The Morgan fingerprint density at radius 2 is 1.90 bits per heavy atom. The Hall–Kier alpha value is -2.16. The number of aliphatic hydroxyl groups excluding tert-OH is 1. The number of nitrogens with zero attached hydrogens (tertiary/aromatic N) is 1. The normalized spacial score (nSPS) is 28.2. The van der Waals surface area contributed by atoms with Crippen molar-refractivity contribution in [2.24, 2.45) is 0 Å². The number of carbonyl (C=O) groups is 1. The van der Waals surface area contributed by atoms with Crippen LogP contribution in [0.2, 0.25) is 0 Å². The number of carbonyl (C=O) groups excluding carboxylic acids is 1. The Morgan fingerprint density at radius 1 is 1.27 bits per heavy atom. The summed E-state index contributed by atoms with van der Waals surface area (Å²) in [5.41, 5.74) is 0. The molecule has 164 valence electrons. The fourth-order valence-electron chi connectivity index (χ4n) is 3.58. The molecule has 4 atom stereocenters. The molecule has 3 rings (SSSR count). The molecule has 30 heavy (non-hydrogen) atoms. The Bertz CT molecular complexity index is 947. The van der Waals surface area contributed by atoms with Gasteiger partial charge in [-0.2, -0.15) is 4.31 Å². The van der Waals surface area contributed by atoms with Crippen LogP contribution in [0.4, 0.5) is 0 Å². The molecule has 0 saturated carbocycles. The van der Waals surface area contributed by atoms with Gasteiger partial charge in [0, 0.05) is 6.54 Å². The average molecular weight is 439 g/mol. The summed E-state index contributed by atoms with van der Waals surface area (Å²) >= 11 is 0. The number of benzene rings is 1. The van der Waals surface area contributed by atoms with Crippen LogP contribution in [0.25, 0.3) is 0 Å². The van der Waals surface area contributed by atoms with E-state index in [-0.39, 0.29) is 18.0 Å². The van der Waals surface area contributed by atoms with Crippen LogP contribution in [0.5, 0.6) is 5.75 Å². The second kappa shape index (κ2) is 8.53. The zero-order valence-corrected chi connectivity index (χ0v) is 18.0. The van der Waals surface area contributed by atoms with Gasteiger partial charge in [-0.05, 0) is 45.0 Å². The van der Waals surface area contributed by atoms with Crippen molar-refractivity contribution in [3.63, 3.8) is 0 Å². The van der Waals surface area contributed by atoms with E-state index < -0.39 is 46.1 Å². The van der Waals surface area contributed by atoms with Crippen molar-refractivity contribution < 1.29 is 37.3 Å². The number of hydrogen-bond donors (Lipinski definition) is 1. The molecule has 2 aliphatic heterocycles. The number of ether oxygens (including phenoxy) is 4. The molecule has 1 aromatic carbocycles. The lowest BCUT2D eigenvalue weighted by Gasteiger charge is -2.40. The van der Waals surface area contributed by atoms with Crippen molar-refractivity contribution in [3.8, 4) is 17.6 Å². The first-order chi connectivity index (χ1) is 14.1. The molecule has 9 nitrogen and oxygen atoms in total. The van der Waals surface area contributed by atoms with Gasteiger partial charge in [-0.1, -0.05) is 5.92 Å². The van der Waals surface area contributed by atoms with Gasteiger partial charge in [-0.3, -0.25) is 4.79 Å². The molecule has 1 aromatic rings. The quantitative estimate of drug-likeness (QED) is 0.522. The number of hydrogen-bond acceptors (Lipinski definition) is 8. The molecule has 0 amide bonds. The Kier molecular flexibility index (Phi) is 6.40. The van der Waals surface area contributed by atoms with Crippen molar-refractivity contribution in [3.05, 3.63) is 24.3 Å². The van der Waals surface area contributed by atoms with Crippen molar-refractivity contribution in [1.82, 2.24) is 4.31 Å². The summed E-state index contributed by atoms with van der Waals surface area (Å²) in [6.07, 6.45) is -3.05. The highest BCUT2D eigenvalue weighted by Crippen LogP contribution is 2.39. The number of piperidine rings is 1. The summed E-state index contributed by atoms with van der Waals surface area (Å²) in [4.78, 5) is 12.5. The highest BCUT2D eigenvalue weighted by atomic mass is 32.2. The maximum Gasteiger partial charge on any atom is 0.327 e. The van der Waals surface area contributed by atoms with Gasteiger partial charge in [-0.15, -0.1) is 5.92 Å². The number of aliphatic hydroxyl groups is 1. The van der Waals surface area contributed by atoms with Crippen molar-refractivity contribution >= 4 is 16.0 Å². The molecule has 1 N–H and O–H groups in total. The molecule has 0 aromatic heterocycles. The fraction of sp³-hybridized carbons (Fsp3) is 0.550. The highest BCUT2D eigenvalue weighted by molar-refractivity contribution is 7.89. The standard InChI is InChI=1S/C20H25NO8S/c1-5-6-11-27-13-7-9-14(10-8-13)30(24,25)21-12-15(22)17-18(16(21)19(23)26-4)29-20(2,3)28-17/h7-10,15-18,22H,11-12H2,1-4H3/t15-,16-,17-,18-/m1/s1. The van der Waals surface area contributed by atoms with Crippen LogP contribution in [-0.4, -0.2) is 74.2 Å². The van der Waals surface area contributed by atoms with Gasteiger partial charge in [-0.25, -0.2) is 8.42 Å². The minimum absolute atomic E-state index is 0.0610. The number of sulfonamides is 1. The number of rotatable bonds is 5. The highest BCUT2D eigenvalue weighted by Gasteiger charge is 2.58. The predicted octanol–water partition coefficient (Wildman–Crippen LogP) is 0.516. The van der Waals surface area contributed by atoms with E-state index in [9.17, 15) is 18.3 Å². The maximum absolute atomic E-state index is 13.3. The lowest BCUT2D eigenvalue weighted by molar-refractivity contribution is -0.160. The monoisotopic (exact) mass is 439 g/mol. The zero-order valence-electron chi connectivity index (χ0n) is 17.2. The second-order valence-electron chi connectivity index (χ2n) is 7.36.